The van der Waals surface area contributed by atoms with Gasteiger partial charge in [0, 0.05) is 35.8 Å². The first-order valence-electron chi connectivity index (χ1n) is 8.81. The molecule has 0 bridgehead atoms. The van der Waals surface area contributed by atoms with Crippen molar-refractivity contribution in [2.24, 2.45) is 0 Å². The number of thiazole rings is 1. The lowest BCUT2D eigenvalue weighted by atomic mass is 9.97. The van der Waals surface area contributed by atoms with Gasteiger partial charge in [-0.2, -0.15) is 0 Å². The van der Waals surface area contributed by atoms with E-state index < -0.39 is 5.97 Å². The van der Waals surface area contributed by atoms with Crippen molar-refractivity contribution in [2.75, 3.05) is 19.7 Å². The molecule has 4 rings (SSSR count). The van der Waals surface area contributed by atoms with Gasteiger partial charge in [0.25, 0.3) is 5.91 Å². The van der Waals surface area contributed by atoms with E-state index in [0.717, 1.165) is 17.8 Å². The molecule has 11 heteroatoms. The average molecular weight is 419 g/mol. The second kappa shape index (κ2) is 8.15. The Labute approximate surface area is 168 Å². The van der Waals surface area contributed by atoms with E-state index in [1.54, 1.807) is 29.7 Å². The molecule has 9 nitrogen and oxygen atoms in total. The molecular weight excluding hydrogens is 402 g/mol. The lowest BCUT2D eigenvalue weighted by Crippen LogP contribution is -2.38. The summed E-state index contributed by atoms with van der Waals surface area (Å²) in [6.45, 7) is 3.33. The van der Waals surface area contributed by atoms with E-state index in [0.29, 0.717) is 30.2 Å². The van der Waals surface area contributed by atoms with E-state index in [-0.39, 0.29) is 24.1 Å². The van der Waals surface area contributed by atoms with Crippen molar-refractivity contribution in [1.82, 2.24) is 24.6 Å². The normalized spacial score (nSPS) is 15.0. The molecule has 28 heavy (non-hydrogen) atoms. The van der Waals surface area contributed by atoms with Gasteiger partial charge in [0.05, 0.1) is 11.6 Å². The molecule has 3 aromatic rings. The number of carbonyl (C=O) groups is 2. The summed E-state index contributed by atoms with van der Waals surface area (Å²) < 4.78 is 13.9. The lowest BCUT2D eigenvalue weighted by Gasteiger charge is -2.30. The van der Waals surface area contributed by atoms with Crippen molar-refractivity contribution in [3.8, 4) is 11.5 Å². The summed E-state index contributed by atoms with van der Waals surface area (Å²) in [6.07, 6.45) is 1.67. The van der Waals surface area contributed by atoms with E-state index in [2.05, 4.69) is 19.7 Å². The van der Waals surface area contributed by atoms with Gasteiger partial charge in [-0.05, 0) is 31.3 Å². The highest BCUT2D eigenvalue weighted by Crippen LogP contribution is 2.33. The summed E-state index contributed by atoms with van der Waals surface area (Å²) in [5, 5.41) is 12.2. The van der Waals surface area contributed by atoms with Crippen LogP contribution in [-0.4, -0.2) is 56.2 Å². The predicted molar refractivity (Wildman–Crippen MR) is 101 cm³/mol. The summed E-state index contributed by atoms with van der Waals surface area (Å²) in [5.41, 5.74) is 1.19. The highest BCUT2D eigenvalue weighted by Gasteiger charge is 2.28. The Balaban J connectivity index is 1.39. The molecule has 1 amide bonds. The molecule has 146 valence electrons. The minimum atomic E-state index is -0.514. The average Bonchev–Trinajstić information content (AvgIpc) is 3.49. The van der Waals surface area contributed by atoms with Gasteiger partial charge in [-0.3, -0.25) is 4.79 Å². The fourth-order valence-electron chi connectivity index (χ4n) is 3.03. The van der Waals surface area contributed by atoms with Crippen LogP contribution in [0.4, 0.5) is 0 Å². The Morgan fingerprint density at radius 3 is 2.82 bits per heavy atom. The molecule has 3 aromatic heterocycles. The fraction of sp³-hybridized carbons (Fsp3) is 0.412. The van der Waals surface area contributed by atoms with Crippen molar-refractivity contribution < 1.29 is 18.8 Å². The van der Waals surface area contributed by atoms with Gasteiger partial charge in [0.15, 0.2) is 17.1 Å². The molecule has 0 atom stereocenters. The lowest BCUT2D eigenvalue weighted by molar-refractivity contribution is 0.0514. The number of carbonyl (C=O) groups excluding carboxylic acids is 2. The van der Waals surface area contributed by atoms with Crippen LogP contribution in [0, 0.1) is 0 Å². The topological polar surface area (TPSA) is 111 Å². The summed E-state index contributed by atoms with van der Waals surface area (Å²) in [7, 11) is 0. The van der Waals surface area contributed by atoms with Gasteiger partial charge < -0.3 is 14.2 Å². The van der Waals surface area contributed by atoms with Crippen LogP contribution in [0.3, 0.4) is 0 Å². The number of likely N-dealkylation sites (tertiary alicyclic amines) is 1. The SMILES string of the molecule is CCOC(=O)c1cc(-c2csc(C3CCN(C(=O)c4csnn4)CC3)n2)on1. The number of ether oxygens (including phenoxy) is 1. The third-order valence-electron chi connectivity index (χ3n) is 4.48. The number of rotatable bonds is 5. The number of amides is 1. The highest BCUT2D eigenvalue weighted by molar-refractivity contribution is 7.10. The van der Waals surface area contributed by atoms with E-state index in [4.69, 9.17) is 9.26 Å². The zero-order valence-electron chi connectivity index (χ0n) is 15.0. The minimum Gasteiger partial charge on any atom is -0.461 e. The first-order valence-corrected chi connectivity index (χ1v) is 10.5. The van der Waals surface area contributed by atoms with Crippen LogP contribution in [0.5, 0.6) is 0 Å². The van der Waals surface area contributed by atoms with Crippen molar-refractivity contribution >= 4 is 34.7 Å². The van der Waals surface area contributed by atoms with Crippen molar-refractivity contribution in [1.29, 1.82) is 0 Å². The largest absolute Gasteiger partial charge is 0.461 e. The molecule has 0 aromatic carbocycles. The van der Waals surface area contributed by atoms with Gasteiger partial charge in [-0.15, -0.1) is 16.4 Å². The van der Waals surface area contributed by atoms with Gasteiger partial charge in [-0.1, -0.05) is 9.64 Å². The van der Waals surface area contributed by atoms with Crippen LogP contribution in [-0.2, 0) is 4.74 Å². The van der Waals surface area contributed by atoms with Gasteiger partial charge in [-0.25, -0.2) is 9.78 Å². The number of aromatic nitrogens is 4. The molecule has 0 N–H and O–H groups in total. The van der Waals surface area contributed by atoms with Crippen LogP contribution in [0.1, 0.15) is 51.7 Å². The van der Waals surface area contributed by atoms with Crippen molar-refractivity contribution in [3.63, 3.8) is 0 Å². The first-order chi connectivity index (χ1) is 13.7. The maximum atomic E-state index is 12.4. The van der Waals surface area contributed by atoms with Gasteiger partial charge in [0.1, 0.15) is 5.69 Å². The van der Waals surface area contributed by atoms with Gasteiger partial charge in [0.2, 0.25) is 0 Å². The first kappa shape index (κ1) is 18.7. The molecule has 1 aliphatic rings. The Morgan fingerprint density at radius 1 is 1.29 bits per heavy atom. The van der Waals surface area contributed by atoms with E-state index in [9.17, 15) is 9.59 Å². The summed E-state index contributed by atoms with van der Waals surface area (Å²) in [5.74, 6) is 0.137. The second-order valence-corrected chi connectivity index (χ2v) is 7.72. The smallest absolute Gasteiger partial charge is 0.360 e. The molecule has 0 aliphatic carbocycles. The van der Waals surface area contributed by atoms with Crippen LogP contribution >= 0.6 is 22.9 Å². The van der Waals surface area contributed by atoms with Crippen molar-refractivity contribution in [3.05, 3.63) is 33.2 Å². The Morgan fingerprint density at radius 2 is 2.11 bits per heavy atom. The molecule has 0 spiro atoms. The second-order valence-electron chi connectivity index (χ2n) is 6.22. The fourth-order valence-corrected chi connectivity index (χ4v) is 4.45. The molecule has 4 heterocycles. The number of hydrogen-bond donors (Lipinski definition) is 0. The molecule has 0 radical (unpaired) electrons. The highest BCUT2D eigenvalue weighted by atomic mass is 32.1. The van der Waals surface area contributed by atoms with E-state index in [1.807, 2.05) is 10.3 Å². The summed E-state index contributed by atoms with van der Waals surface area (Å²) >= 11 is 2.72. The molecule has 1 saturated heterocycles. The number of hydrogen-bond acceptors (Lipinski definition) is 10. The summed E-state index contributed by atoms with van der Waals surface area (Å²) in [6, 6.07) is 1.54. The maximum Gasteiger partial charge on any atom is 0.360 e. The third-order valence-corrected chi connectivity index (χ3v) is 5.99. The van der Waals surface area contributed by atoms with Crippen LogP contribution in [0.2, 0.25) is 0 Å². The molecule has 0 saturated carbocycles. The number of nitrogens with zero attached hydrogens (tertiary/aromatic N) is 5. The Bertz CT molecular complexity index is 960. The standard InChI is InChI=1S/C17H17N5O4S2/c1-2-25-17(24)11-7-14(26-20-11)12-8-27-15(18-12)10-3-5-22(6-4-10)16(23)13-9-28-21-19-13/h7-10H,2-6H2,1H3. The number of esters is 1. The minimum absolute atomic E-state index is 0.0693. The number of piperidine rings is 1. The quantitative estimate of drug-likeness (QED) is 0.581. The zero-order chi connectivity index (χ0) is 19.5. The van der Waals surface area contributed by atoms with E-state index in [1.165, 1.54) is 11.5 Å². The molecule has 1 fully saturated rings. The van der Waals surface area contributed by atoms with Crippen LogP contribution in [0.25, 0.3) is 11.5 Å². The summed E-state index contributed by atoms with van der Waals surface area (Å²) in [4.78, 5) is 30.5. The predicted octanol–water partition coefficient (Wildman–Crippen LogP) is 2.85. The Kier molecular flexibility index (Phi) is 5.44. The van der Waals surface area contributed by atoms with Crippen molar-refractivity contribution in [2.45, 2.75) is 25.7 Å². The van der Waals surface area contributed by atoms with E-state index >= 15 is 0 Å². The maximum absolute atomic E-state index is 12.4. The molecule has 0 unspecified atom stereocenters. The van der Waals surface area contributed by atoms with Gasteiger partial charge >= 0.3 is 5.97 Å². The van der Waals surface area contributed by atoms with Crippen LogP contribution in [0.15, 0.2) is 21.3 Å². The molecular formula is C17H17N5O4S2. The Hall–Kier alpha value is -2.66. The third kappa shape index (κ3) is 3.80. The monoisotopic (exact) mass is 419 g/mol. The van der Waals surface area contributed by atoms with Crippen LogP contribution < -0.4 is 0 Å². The zero-order valence-corrected chi connectivity index (χ0v) is 16.7. The molecule has 1 aliphatic heterocycles.